The molecule has 4 heteroatoms. The zero-order chi connectivity index (χ0) is 15.5. The molecule has 1 saturated heterocycles. The van der Waals surface area contributed by atoms with Crippen molar-refractivity contribution >= 4 is 23.4 Å². The van der Waals surface area contributed by atoms with Crippen LogP contribution in [0.3, 0.4) is 0 Å². The fourth-order valence-corrected chi connectivity index (χ4v) is 3.69. The summed E-state index contributed by atoms with van der Waals surface area (Å²) in [4.78, 5) is 14.7. The second-order valence-electron chi connectivity index (χ2n) is 6.21. The molecule has 116 valence electrons. The Hall–Kier alpha value is -1.16. The van der Waals surface area contributed by atoms with Crippen LogP contribution in [0.5, 0.6) is 0 Å². The van der Waals surface area contributed by atoms with E-state index in [1.807, 2.05) is 34.9 Å². The van der Waals surface area contributed by atoms with Gasteiger partial charge in [0.1, 0.15) is 0 Å². The molecule has 3 nitrogen and oxygen atoms in total. The number of hydrogen-bond acceptors (Lipinski definition) is 3. The van der Waals surface area contributed by atoms with E-state index in [0.717, 1.165) is 48.6 Å². The van der Waals surface area contributed by atoms with Crippen molar-refractivity contribution in [3.05, 3.63) is 29.3 Å². The number of carbonyl (C=O) groups excluding carboxylic acids is 1. The van der Waals surface area contributed by atoms with Gasteiger partial charge in [0.2, 0.25) is 0 Å². The predicted octanol–water partition coefficient (Wildman–Crippen LogP) is 3.78. The number of hydrogen-bond donors (Lipinski definition) is 1. The van der Waals surface area contributed by atoms with Crippen LogP contribution in [0, 0.1) is 6.92 Å². The van der Waals surface area contributed by atoms with Crippen molar-refractivity contribution in [3.8, 4) is 0 Å². The number of carbonyl (C=O) groups is 1. The number of thioether (sulfide) groups is 1. The minimum atomic E-state index is 0.166. The van der Waals surface area contributed by atoms with Crippen molar-refractivity contribution in [3.63, 3.8) is 0 Å². The summed E-state index contributed by atoms with van der Waals surface area (Å²) in [5.41, 5.74) is 3.05. The van der Waals surface area contributed by atoms with Crippen LogP contribution in [-0.2, 0) is 0 Å². The highest BCUT2D eigenvalue weighted by molar-refractivity contribution is 8.00. The van der Waals surface area contributed by atoms with E-state index in [9.17, 15) is 4.79 Å². The molecule has 1 aliphatic heterocycles. The number of amides is 1. The summed E-state index contributed by atoms with van der Waals surface area (Å²) in [5, 5.41) is 3.31. The highest BCUT2D eigenvalue weighted by atomic mass is 32.2. The topological polar surface area (TPSA) is 32.3 Å². The Kier molecular flexibility index (Phi) is 5.20. The minimum Gasteiger partial charge on any atom is -0.385 e. The van der Waals surface area contributed by atoms with E-state index in [1.54, 1.807) is 0 Å². The average Bonchev–Trinajstić information content (AvgIpc) is 2.61. The molecule has 0 aromatic heterocycles. The molecule has 0 bridgehead atoms. The van der Waals surface area contributed by atoms with Crippen LogP contribution in [0.15, 0.2) is 18.2 Å². The molecular weight excluding hydrogens is 280 g/mol. The highest BCUT2D eigenvalue weighted by Gasteiger charge is 2.26. The summed E-state index contributed by atoms with van der Waals surface area (Å²) in [6.45, 7) is 11.3. The number of nitrogens with one attached hydrogen (secondary N) is 1. The molecule has 0 unspecified atom stereocenters. The Balaban J connectivity index is 2.11. The third-order valence-corrected chi connectivity index (χ3v) is 5.34. The van der Waals surface area contributed by atoms with Gasteiger partial charge in [0, 0.05) is 41.4 Å². The highest BCUT2D eigenvalue weighted by Crippen LogP contribution is 2.31. The first-order valence-electron chi connectivity index (χ1n) is 7.71. The fourth-order valence-electron chi connectivity index (χ4n) is 2.59. The SMILES string of the molecule is CCNc1ccc(C(=O)N2CCSC(C)(C)CC2)cc1C. The zero-order valence-electron chi connectivity index (χ0n) is 13.5. The van der Waals surface area contributed by atoms with Crippen LogP contribution in [0.25, 0.3) is 0 Å². The normalized spacial score (nSPS) is 18.2. The first-order valence-corrected chi connectivity index (χ1v) is 8.69. The van der Waals surface area contributed by atoms with Gasteiger partial charge in [0.05, 0.1) is 0 Å². The van der Waals surface area contributed by atoms with E-state index < -0.39 is 0 Å². The summed E-state index contributed by atoms with van der Waals surface area (Å²) >= 11 is 1.97. The first-order chi connectivity index (χ1) is 9.93. The molecule has 1 aromatic carbocycles. The maximum absolute atomic E-state index is 12.7. The van der Waals surface area contributed by atoms with Crippen LogP contribution in [0.2, 0.25) is 0 Å². The van der Waals surface area contributed by atoms with Crippen LogP contribution in [-0.4, -0.2) is 40.9 Å². The predicted molar refractivity (Wildman–Crippen MR) is 92.4 cm³/mol. The standard InChI is InChI=1S/C17H26N2OS/c1-5-18-15-7-6-14(12-13(15)2)16(20)19-9-8-17(3,4)21-11-10-19/h6-7,12,18H,5,8-11H2,1-4H3. The molecule has 21 heavy (non-hydrogen) atoms. The molecule has 0 atom stereocenters. The van der Waals surface area contributed by atoms with Crippen molar-refractivity contribution in [2.24, 2.45) is 0 Å². The molecular formula is C17H26N2OS. The van der Waals surface area contributed by atoms with E-state index in [0.29, 0.717) is 0 Å². The van der Waals surface area contributed by atoms with Gasteiger partial charge in [-0.2, -0.15) is 11.8 Å². The van der Waals surface area contributed by atoms with Gasteiger partial charge in [-0.15, -0.1) is 0 Å². The number of benzene rings is 1. The monoisotopic (exact) mass is 306 g/mol. The van der Waals surface area contributed by atoms with Crippen molar-refractivity contribution < 1.29 is 4.79 Å². The molecule has 1 aromatic rings. The molecule has 1 aliphatic rings. The lowest BCUT2D eigenvalue weighted by molar-refractivity contribution is 0.0764. The zero-order valence-corrected chi connectivity index (χ0v) is 14.3. The maximum atomic E-state index is 12.7. The quantitative estimate of drug-likeness (QED) is 0.922. The van der Waals surface area contributed by atoms with Gasteiger partial charge >= 0.3 is 0 Å². The Bertz CT molecular complexity index is 514. The van der Waals surface area contributed by atoms with Crippen LogP contribution in [0.1, 0.15) is 43.1 Å². The Morgan fingerprint density at radius 1 is 1.38 bits per heavy atom. The van der Waals surface area contributed by atoms with E-state index in [-0.39, 0.29) is 10.7 Å². The van der Waals surface area contributed by atoms with Gasteiger partial charge in [-0.25, -0.2) is 0 Å². The second-order valence-corrected chi connectivity index (χ2v) is 8.01. The molecule has 0 aliphatic carbocycles. The Morgan fingerprint density at radius 2 is 2.14 bits per heavy atom. The minimum absolute atomic E-state index is 0.166. The van der Waals surface area contributed by atoms with E-state index in [1.165, 1.54) is 0 Å². The molecule has 1 heterocycles. The largest absolute Gasteiger partial charge is 0.385 e. The number of aryl methyl sites for hydroxylation is 1. The van der Waals surface area contributed by atoms with Gasteiger partial charge in [-0.05, 0) is 44.0 Å². The lowest BCUT2D eigenvalue weighted by Crippen LogP contribution is -2.33. The number of anilines is 1. The van der Waals surface area contributed by atoms with Gasteiger partial charge in [0.15, 0.2) is 0 Å². The van der Waals surface area contributed by atoms with E-state index in [4.69, 9.17) is 0 Å². The van der Waals surface area contributed by atoms with Crippen LogP contribution in [0.4, 0.5) is 5.69 Å². The average molecular weight is 306 g/mol. The third kappa shape index (κ3) is 4.16. The molecule has 1 N–H and O–H groups in total. The second kappa shape index (κ2) is 6.73. The van der Waals surface area contributed by atoms with Crippen molar-refractivity contribution in [1.29, 1.82) is 0 Å². The summed E-state index contributed by atoms with van der Waals surface area (Å²) < 4.78 is 0.278. The summed E-state index contributed by atoms with van der Waals surface area (Å²) in [7, 11) is 0. The van der Waals surface area contributed by atoms with Crippen molar-refractivity contribution in [2.45, 2.75) is 38.9 Å². The maximum Gasteiger partial charge on any atom is 0.253 e. The smallest absolute Gasteiger partial charge is 0.253 e. The van der Waals surface area contributed by atoms with Gasteiger partial charge in [-0.1, -0.05) is 13.8 Å². The van der Waals surface area contributed by atoms with E-state index >= 15 is 0 Å². The van der Waals surface area contributed by atoms with Crippen LogP contribution >= 0.6 is 11.8 Å². The lowest BCUT2D eigenvalue weighted by atomic mass is 10.1. The Morgan fingerprint density at radius 3 is 2.81 bits per heavy atom. The molecule has 1 fully saturated rings. The molecule has 2 rings (SSSR count). The summed E-state index contributed by atoms with van der Waals surface area (Å²) in [6.07, 6.45) is 1.05. The molecule has 1 amide bonds. The molecule has 0 radical (unpaired) electrons. The van der Waals surface area contributed by atoms with Gasteiger partial charge in [0.25, 0.3) is 5.91 Å². The van der Waals surface area contributed by atoms with Crippen molar-refractivity contribution in [1.82, 2.24) is 4.90 Å². The Labute approximate surface area is 132 Å². The molecule has 0 spiro atoms. The summed E-state index contributed by atoms with van der Waals surface area (Å²) in [6, 6.07) is 5.96. The summed E-state index contributed by atoms with van der Waals surface area (Å²) in [5.74, 6) is 1.19. The van der Waals surface area contributed by atoms with Gasteiger partial charge in [-0.3, -0.25) is 4.79 Å². The van der Waals surface area contributed by atoms with E-state index in [2.05, 4.69) is 33.0 Å². The fraction of sp³-hybridized carbons (Fsp3) is 0.588. The lowest BCUT2D eigenvalue weighted by Gasteiger charge is -2.23. The van der Waals surface area contributed by atoms with Gasteiger partial charge < -0.3 is 10.2 Å². The van der Waals surface area contributed by atoms with Crippen LogP contribution < -0.4 is 5.32 Å². The van der Waals surface area contributed by atoms with Crippen molar-refractivity contribution in [2.75, 3.05) is 30.7 Å². The number of rotatable bonds is 3. The number of nitrogens with zero attached hydrogens (tertiary/aromatic N) is 1. The molecule has 0 saturated carbocycles. The first kappa shape index (κ1) is 16.2. The third-order valence-electron chi connectivity index (χ3n) is 3.97.